The van der Waals surface area contributed by atoms with E-state index >= 15 is 0 Å². The van der Waals surface area contributed by atoms with E-state index in [0.717, 1.165) is 16.7 Å². The molecule has 0 bridgehead atoms. The van der Waals surface area contributed by atoms with Crippen molar-refractivity contribution in [1.29, 1.82) is 0 Å². The van der Waals surface area contributed by atoms with E-state index in [1.54, 1.807) is 29.2 Å². The molecule has 0 radical (unpaired) electrons. The van der Waals surface area contributed by atoms with Gasteiger partial charge < -0.3 is 10.2 Å². The van der Waals surface area contributed by atoms with E-state index in [0.29, 0.717) is 27.2 Å². The largest absolute Gasteiger partial charge is 0.352 e. The van der Waals surface area contributed by atoms with Crippen molar-refractivity contribution in [2.24, 2.45) is 0 Å². The molecule has 0 aromatic heterocycles. The molecule has 0 saturated heterocycles. The molecule has 2 amide bonds. The molecule has 190 valence electrons. The number of amides is 2. The van der Waals surface area contributed by atoms with Gasteiger partial charge in [-0.3, -0.25) is 9.59 Å². The normalized spacial score (nSPS) is 11.8. The van der Waals surface area contributed by atoms with Gasteiger partial charge in [0.15, 0.2) is 0 Å². The number of nitrogens with zero attached hydrogens (tertiary/aromatic N) is 1. The van der Waals surface area contributed by atoms with E-state index in [1.165, 1.54) is 11.8 Å². The molecule has 0 aliphatic rings. The number of rotatable bonds is 11. The third kappa shape index (κ3) is 8.17. The number of benzene rings is 3. The maximum Gasteiger partial charge on any atom is 0.243 e. The molecule has 8 heteroatoms. The Labute approximate surface area is 232 Å². The number of thioether (sulfide) groups is 1. The Kier molecular flexibility index (Phi) is 11.0. The van der Waals surface area contributed by atoms with Gasteiger partial charge in [0.05, 0.1) is 5.75 Å². The second kappa shape index (κ2) is 13.9. The number of nitrogens with one attached hydrogen (secondary N) is 1. The number of hydrogen-bond acceptors (Lipinski definition) is 3. The van der Waals surface area contributed by atoms with E-state index < -0.39 is 6.04 Å². The highest BCUT2D eigenvalue weighted by Crippen LogP contribution is 2.29. The van der Waals surface area contributed by atoms with Gasteiger partial charge in [-0.2, -0.15) is 0 Å². The van der Waals surface area contributed by atoms with Crippen LogP contribution in [0.5, 0.6) is 0 Å². The topological polar surface area (TPSA) is 49.4 Å². The van der Waals surface area contributed by atoms with Crippen molar-refractivity contribution < 1.29 is 9.59 Å². The molecule has 0 aliphatic heterocycles. The van der Waals surface area contributed by atoms with Crippen LogP contribution in [0.15, 0.2) is 72.8 Å². The first-order valence-corrected chi connectivity index (χ1v) is 13.9. The standard InChI is InChI=1S/C28H29Cl3N2O2S/c1-19(2)32-28(35)26(15-20-9-4-3-5-10-20)33(16-21-11-6-7-12-23(21)29)27(34)18-36-17-22-24(30)13-8-14-25(22)31/h3-14,19,26H,15-18H2,1-2H3,(H,32,35). The van der Waals surface area contributed by atoms with Crippen molar-refractivity contribution in [3.05, 3.63) is 105 Å². The van der Waals surface area contributed by atoms with Crippen LogP contribution in [0.2, 0.25) is 15.1 Å². The van der Waals surface area contributed by atoms with Gasteiger partial charge in [-0.1, -0.05) is 89.4 Å². The second-order valence-corrected chi connectivity index (χ2v) is 10.9. The summed E-state index contributed by atoms with van der Waals surface area (Å²) < 4.78 is 0. The zero-order chi connectivity index (χ0) is 26.1. The van der Waals surface area contributed by atoms with E-state index in [4.69, 9.17) is 34.8 Å². The average molecular weight is 564 g/mol. The van der Waals surface area contributed by atoms with Crippen LogP contribution in [0, 0.1) is 0 Å². The van der Waals surface area contributed by atoms with Gasteiger partial charge >= 0.3 is 0 Å². The molecule has 0 aliphatic carbocycles. The molecule has 3 aromatic carbocycles. The van der Waals surface area contributed by atoms with Crippen molar-refractivity contribution in [3.8, 4) is 0 Å². The minimum absolute atomic E-state index is 0.0650. The third-order valence-corrected chi connectivity index (χ3v) is 7.56. The fourth-order valence-corrected chi connectivity index (χ4v) is 5.58. The summed E-state index contributed by atoms with van der Waals surface area (Å²) >= 11 is 20.5. The van der Waals surface area contributed by atoms with Gasteiger partial charge in [0.2, 0.25) is 11.8 Å². The van der Waals surface area contributed by atoms with E-state index in [-0.39, 0.29) is 30.2 Å². The van der Waals surface area contributed by atoms with Gasteiger partial charge in [0.25, 0.3) is 0 Å². The Morgan fingerprint density at radius 2 is 1.47 bits per heavy atom. The van der Waals surface area contributed by atoms with Crippen molar-refractivity contribution in [2.75, 3.05) is 5.75 Å². The van der Waals surface area contributed by atoms with Gasteiger partial charge in [-0.05, 0) is 48.7 Å². The van der Waals surface area contributed by atoms with E-state index in [9.17, 15) is 9.59 Å². The molecule has 0 heterocycles. The second-order valence-electron chi connectivity index (χ2n) is 8.67. The van der Waals surface area contributed by atoms with Gasteiger partial charge in [0, 0.05) is 39.8 Å². The SMILES string of the molecule is CC(C)NC(=O)C(Cc1ccccc1)N(Cc1ccccc1Cl)C(=O)CSCc1c(Cl)cccc1Cl. The smallest absolute Gasteiger partial charge is 0.243 e. The molecule has 0 spiro atoms. The van der Waals surface area contributed by atoms with Crippen LogP contribution in [0.1, 0.15) is 30.5 Å². The molecule has 36 heavy (non-hydrogen) atoms. The minimum Gasteiger partial charge on any atom is -0.352 e. The van der Waals surface area contributed by atoms with Crippen molar-refractivity contribution in [2.45, 2.75) is 44.6 Å². The Morgan fingerprint density at radius 3 is 2.11 bits per heavy atom. The highest BCUT2D eigenvalue weighted by atomic mass is 35.5. The summed E-state index contributed by atoms with van der Waals surface area (Å²) in [5.74, 6) is 0.272. The summed E-state index contributed by atoms with van der Waals surface area (Å²) in [4.78, 5) is 28.7. The average Bonchev–Trinajstić information content (AvgIpc) is 2.84. The van der Waals surface area contributed by atoms with Gasteiger partial charge in [-0.15, -0.1) is 11.8 Å². The molecule has 3 rings (SSSR count). The Bertz CT molecular complexity index is 1150. The van der Waals surface area contributed by atoms with Crippen LogP contribution in [0.25, 0.3) is 0 Å². The van der Waals surface area contributed by atoms with Crippen molar-refractivity contribution >= 4 is 58.4 Å². The summed E-state index contributed by atoms with van der Waals surface area (Å²) in [5.41, 5.74) is 2.53. The fourth-order valence-electron chi connectivity index (χ4n) is 3.74. The number of halogens is 3. The maximum absolute atomic E-state index is 13.7. The number of hydrogen-bond donors (Lipinski definition) is 1. The lowest BCUT2D eigenvalue weighted by Crippen LogP contribution is -2.52. The number of carbonyl (C=O) groups excluding carboxylic acids is 2. The molecule has 0 saturated carbocycles. The molecule has 0 fully saturated rings. The van der Waals surface area contributed by atoms with Crippen molar-refractivity contribution in [1.82, 2.24) is 10.2 Å². The molecule has 3 aromatic rings. The summed E-state index contributed by atoms with van der Waals surface area (Å²) in [7, 11) is 0. The fraction of sp³-hybridized carbons (Fsp3) is 0.286. The molecular formula is C28H29Cl3N2O2S. The summed E-state index contributed by atoms with van der Waals surface area (Å²) in [6, 6.07) is 21.7. The lowest BCUT2D eigenvalue weighted by Gasteiger charge is -2.32. The van der Waals surface area contributed by atoms with Crippen molar-refractivity contribution in [3.63, 3.8) is 0 Å². The first-order chi connectivity index (χ1) is 17.3. The Hall–Kier alpha value is -2.18. The van der Waals surface area contributed by atoms with E-state index in [2.05, 4.69) is 5.32 Å². The lowest BCUT2D eigenvalue weighted by molar-refractivity contribution is -0.139. The third-order valence-electron chi connectivity index (χ3n) is 5.53. The van der Waals surface area contributed by atoms with Crippen LogP contribution in [-0.2, 0) is 28.3 Å². The Balaban J connectivity index is 1.88. The van der Waals surface area contributed by atoms with Crippen LogP contribution < -0.4 is 5.32 Å². The maximum atomic E-state index is 13.7. The monoisotopic (exact) mass is 562 g/mol. The first-order valence-electron chi connectivity index (χ1n) is 11.6. The van der Waals surface area contributed by atoms with E-state index in [1.807, 2.05) is 62.4 Å². The van der Waals surface area contributed by atoms with Crippen LogP contribution >= 0.6 is 46.6 Å². The highest BCUT2D eigenvalue weighted by Gasteiger charge is 2.31. The molecule has 1 N–H and O–H groups in total. The predicted octanol–water partition coefficient (Wildman–Crippen LogP) is 7.04. The Morgan fingerprint density at radius 1 is 0.861 bits per heavy atom. The van der Waals surface area contributed by atoms with Gasteiger partial charge in [0.1, 0.15) is 6.04 Å². The summed E-state index contributed by atoms with van der Waals surface area (Å²) in [6.07, 6.45) is 0.386. The quantitative estimate of drug-likeness (QED) is 0.272. The van der Waals surface area contributed by atoms with Crippen LogP contribution in [0.3, 0.4) is 0 Å². The minimum atomic E-state index is -0.705. The molecule has 1 atom stereocenters. The van der Waals surface area contributed by atoms with Crippen LogP contribution in [0.4, 0.5) is 0 Å². The summed E-state index contributed by atoms with van der Waals surface area (Å²) in [6.45, 7) is 4.02. The predicted molar refractivity (Wildman–Crippen MR) is 152 cm³/mol. The number of carbonyl (C=O) groups is 2. The van der Waals surface area contributed by atoms with Crippen LogP contribution in [-0.4, -0.2) is 34.6 Å². The van der Waals surface area contributed by atoms with Gasteiger partial charge in [-0.25, -0.2) is 0 Å². The molecule has 4 nitrogen and oxygen atoms in total. The zero-order valence-electron chi connectivity index (χ0n) is 20.2. The molecular weight excluding hydrogens is 535 g/mol. The highest BCUT2D eigenvalue weighted by molar-refractivity contribution is 7.99. The molecule has 1 unspecified atom stereocenters. The first kappa shape index (κ1) is 28.4. The lowest BCUT2D eigenvalue weighted by atomic mass is 10.0. The zero-order valence-corrected chi connectivity index (χ0v) is 23.3. The summed E-state index contributed by atoms with van der Waals surface area (Å²) in [5, 5.41) is 4.66.